The van der Waals surface area contributed by atoms with Crippen LogP contribution in [0.2, 0.25) is 5.02 Å². The molecule has 122 valence electrons. The lowest BCUT2D eigenvalue weighted by Crippen LogP contribution is -2.34. The minimum Gasteiger partial charge on any atom is -0.468 e. The van der Waals surface area contributed by atoms with Crippen LogP contribution in [-0.4, -0.2) is 28.4 Å². The summed E-state index contributed by atoms with van der Waals surface area (Å²) in [5.74, 6) is -1.35. The van der Waals surface area contributed by atoms with Crippen molar-refractivity contribution in [2.75, 3.05) is 12.9 Å². The number of hydrogen-bond acceptors (Lipinski definition) is 5. The van der Waals surface area contributed by atoms with E-state index in [1.165, 1.54) is 19.2 Å². The van der Waals surface area contributed by atoms with Gasteiger partial charge in [0, 0.05) is 16.7 Å². The molecule has 0 aliphatic rings. The Balaban J connectivity index is 2.54. The van der Waals surface area contributed by atoms with E-state index in [2.05, 4.69) is 9.72 Å². The van der Waals surface area contributed by atoms with Crippen LogP contribution in [0.15, 0.2) is 32.7 Å². The van der Waals surface area contributed by atoms with E-state index in [1.54, 1.807) is 6.92 Å². The van der Waals surface area contributed by atoms with Gasteiger partial charge in [-0.05, 0) is 19.1 Å². The first-order valence-electron chi connectivity index (χ1n) is 6.35. The summed E-state index contributed by atoms with van der Waals surface area (Å²) in [5.41, 5.74) is -1.31. The molecule has 23 heavy (non-hydrogen) atoms. The van der Waals surface area contributed by atoms with Crippen molar-refractivity contribution < 1.29 is 13.9 Å². The minimum atomic E-state index is -0.825. The third-order valence-electron chi connectivity index (χ3n) is 2.88. The molecule has 0 atom stereocenters. The van der Waals surface area contributed by atoms with Gasteiger partial charge in [0.2, 0.25) is 0 Å². The normalized spacial score (nSPS) is 10.6. The van der Waals surface area contributed by atoms with Crippen LogP contribution < -0.4 is 11.2 Å². The Hall–Kier alpha value is -2.06. The fourth-order valence-electron chi connectivity index (χ4n) is 1.83. The van der Waals surface area contributed by atoms with Gasteiger partial charge in [-0.1, -0.05) is 11.6 Å². The van der Waals surface area contributed by atoms with Crippen molar-refractivity contribution in [3.8, 4) is 5.69 Å². The highest BCUT2D eigenvalue weighted by molar-refractivity contribution is 8.00. The first-order chi connectivity index (χ1) is 10.8. The van der Waals surface area contributed by atoms with Crippen LogP contribution in [-0.2, 0) is 9.53 Å². The average molecular weight is 359 g/mol. The van der Waals surface area contributed by atoms with Gasteiger partial charge >= 0.3 is 11.7 Å². The van der Waals surface area contributed by atoms with Crippen LogP contribution >= 0.6 is 23.4 Å². The highest BCUT2D eigenvalue weighted by Gasteiger charge is 2.15. The number of rotatable bonds is 4. The molecule has 0 unspecified atom stereocenters. The molecule has 0 aliphatic heterocycles. The zero-order valence-corrected chi connectivity index (χ0v) is 13.8. The number of H-pyrrole nitrogens is 1. The van der Waals surface area contributed by atoms with E-state index in [4.69, 9.17) is 11.6 Å². The van der Waals surface area contributed by atoms with Crippen LogP contribution in [0.3, 0.4) is 0 Å². The number of carbonyl (C=O) groups is 1. The second kappa shape index (κ2) is 7.01. The van der Waals surface area contributed by atoms with Gasteiger partial charge < -0.3 is 9.72 Å². The molecule has 0 saturated carbocycles. The van der Waals surface area contributed by atoms with Crippen molar-refractivity contribution in [1.29, 1.82) is 0 Å². The molecule has 0 saturated heterocycles. The number of aromatic nitrogens is 2. The molecule has 9 heteroatoms. The minimum absolute atomic E-state index is 0.0412. The Bertz CT molecular complexity index is 847. The maximum absolute atomic E-state index is 14.1. The van der Waals surface area contributed by atoms with Crippen LogP contribution in [0.5, 0.6) is 0 Å². The van der Waals surface area contributed by atoms with Gasteiger partial charge in [0.1, 0.15) is 5.82 Å². The monoisotopic (exact) mass is 358 g/mol. The molecule has 0 radical (unpaired) electrons. The Morgan fingerprint density at radius 1 is 1.39 bits per heavy atom. The van der Waals surface area contributed by atoms with Crippen molar-refractivity contribution >= 4 is 29.3 Å². The highest BCUT2D eigenvalue weighted by atomic mass is 35.5. The van der Waals surface area contributed by atoms with Crippen LogP contribution in [0.1, 0.15) is 5.69 Å². The number of ether oxygens (including phenoxy) is 1. The Labute approximate surface area is 139 Å². The first kappa shape index (κ1) is 17.3. The number of carbonyl (C=O) groups excluding carboxylic acids is 1. The largest absolute Gasteiger partial charge is 0.468 e. The van der Waals surface area contributed by atoms with Gasteiger partial charge in [0.15, 0.2) is 0 Å². The summed E-state index contributed by atoms with van der Waals surface area (Å²) >= 11 is 6.95. The number of methoxy groups -OCH3 is 1. The first-order valence-corrected chi connectivity index (χ1v) is 7.72. The maximum Gasteiger partial charge on any atom is 0.333 e. The Morgan fingerprint density at radius 3 is 2.70 bits per heavy atom. The lowest BCUT2D eigenvalue weighted by Gasteiger charge is -2.10. The molecule has 0 fully saturated rings. The molecule has 1 aromatic heterocycles. The number of nitrogens with one attached hydrogen (secondary N) is 1. The molecule has 0 bridgehead atoms. The fraction of sp³-hybridized carbons (Fsp3) is 0.214. The Morgan fingerprint density at radius 2 is 2.09 bits per heavy atom. The predicted octanol–water partition coefficient (Wildman–Crippen LogP) is 1.89. The smallest absolute Gasteiger partial charge is 0.333 e. The highest BCUT2D eigenvalue weighted by Crippen LogP contribution is 2.30. The van der Waals surface area contributed by atoms with Crippen molar-refractivity contribution in [2.45, 2.75) is 11.8 Å². The van der Waals surface area contributed by atoms with E-state index in [0.29, 0.717) is 15.2 Å². The van der Waals surface area contributed by atoms with Crippen LogP contribution in [0.4, 0.5) is 4.39 Å². The topological polar surface area (TPSA) is 81.2 Å². The molecule has 0 amide bonds. The molecule has 1 aromatic carbocycles. The SMILES string of the molecule is COC(=O)CSc1cc(-n2c(=O)cc(C)[nH]c2=O)c(F)cc1Cl. The van der Waals surface area contributed by atoms with E-state index in [9.17, 15) is 18.8 Å². The van der Waals surface area contributed by atoms with Gasteiger partial charge in [-0.3, -0.25) is 9.59 Å². The van der Waals surface area contributed by atoms with Crippen molar-refractivity contribution in [3.63, 3.8) is 0 Å². The van der Waals surface area contributed by atoms with E-state index < -0.39 is 23.0 Å². The number of thioether (sulfide) groups is 1. The average Bonchev–Trinajstić information content (AvgIpc) is 2.46. The summed E-state index contributed by atoms with van der Waals surface area (Å²) < 4.78 is 19.3. The summed E-state index contributed by atoms with van der Waals surface area (Å²) in [4.78, 5) is 37.9. The summed E-state index contributed by atoms with van der Waals surface area (Å²) in [5, 5.41) is 0.0664. The van der Waals surface area contributed by atoms with Crippen LogP contribution in [0, 0.1) is 12.7 Å². The number of nitrogens with zero attached hydrogens (tertiary/aromatic N) is 1. The number of esters is 1. The summed E-state index contributed by atoms with van der Waals surface area (Å²) in [6.07, 6.45) is 0. The van der Waals surface area contributed by atoms with Crippen molar-refractivity contribution in [2.24, 2.45) is 0 Å². The molecule has 1 heterocycles. The zero-order chi connectivity index (χ0) is 17.1. The lowest BCUT2D eigenvalue weighted by atomic mass is 10.3. The predicted molar refractivity (Wildman–Crippen MR) is 85.1 cm³/mol. The molecule has 2 aromatic rings. The lowest BCUT2D eigenvalue weighted by molar-refractivity contribution is -0.137. The molecule has 2 rings (SSSR count). The van der Waals surface area contributed by atoms with E-state index in [0.717, 1.165) is 17.8 Å². The van der Waals surface area contributed by atoms with Gasteiger partial charge in [-0.25, -0.2) is 13.8 Å². The molecule has 0 aliphatic carbocycles. The third-order valence-corrected chi connectivity index (χ3v) is 4.34. The fourth-order valence-corrected chi connectivity index (χ4v) is 2.93. The van der Waals surface area contributed by atoms with Gasteiger partial charge in [0.25, 0.3) is 5.56 Å². The second-order valence-corrected chi connectivity index (χ2v) is 5.95. The van der Waals surface area contributed by atoms with Crippen molar-refractivity contribution in [1.82, 2.24) is 9.55 Å². The van der Waals surface area contributed by atoms with Crippen molar-refractivity contribution in [3.05, 3.63) is 55.6 Å². The summed E-state index contributed by atoms with van der Waals surface area (Å²) in [6.45, 7) is 1.54. The number of aromatic amines is 1. The zero-order valence-electron chi connectivity index (χ0n) is 12.2. The third kappa shape index (κ3) is 3.83. The molecular weight excluding hydrogens is 347 g/mol. The van der Waals surface area contributed by atoms with E-state index >= 15 is 0 Å². The molecule has 6 nitrogen and oxygen atoms in total. The number of halogens is 2. The summed E-state index contributed by atoms with van der Waals surface area (Å²) in [6, 6.07) is 3.41. The molecule has 0 spiro atoms. The van der Waals surface area contributed by atoms with Crippen LogP contribution in [0.25, 0.3) is 5.69 Å². The van der Waals surface area contributed by atoms with Gasteiger partial charge in [0.05, 0.1) is 23.6 Å². The Kier molecular flexibility index (Phi) is 5.27. The summed E-state index contributed by atoms with van der Waals surface area (Å²) in [7, 11) is 1.24. The number of aryl methyl sites for hydroxylation is 1. The number of benzene rings is 1. The molecule has 1 N–H and O–H groups in total. The molecular formula is C14H12ClFN2O4S. The maximum atomic E-state index is 14.1. The van der Waals surface area contributed by atoms with E-state index in [1.807, 2.05) is 0 Å². The standard InChI is InChI=1S/C14H12ClFN2O4S/c1-7-3-12(19)18(14(21)17-7)10-5-11(8(15)4-9(10)16)23-6-13(20)22-2/h3-5H,6H2,1-2H3,(H,17,21). The van der Waals surface area contributed by atoms with E-state index in [-0.39, 0.29) is 16.5 Å². The number of hydrogen-bond donors (Lipinski definition) is 1. The van der Waals surface area contributed by atoms with Gasteiger partial charge in [-0.15, -0.1) is 11.8 Å². The second-order valence-electron chi connectivity index (χ2n) is 4.53. The quantitative estimate of drug-likeness (QED) is 0.666. The van der Waals surface area contributed by atoms with Gasteiger partial charge in [-0.2, -0.15) is 0 Å².